The van der Waals surface area contributed by atoms with Crippen molar-refractivity contribution in [3.63, 3.8) is 0 Å². The molecule has 2 rings (SSSR count). The topological polar surface area (TPSA) is 75.3 Å². The van der Waals surface area contributed by atoms with Crippen LogP contribution in [0, 0.1) is 5.92 Å². The molecular formula is C12H22N2O3S. The predicted molar refractivity (Wildman–Crippen MR) is 70.0 cm³/mol. The van der Waals surface area contributed by atoms with Crippen LogP contribution in [0.3, 0.4) is 0 Å². The van der Waals surface area contributed by atoms with Crippen molar-refractivity contribution < 1.29 is 13.2 Å². The molecule has 2 aliphatic rings. The average Bonchev–Trinajstić information content (AvgIpc) is 2.67. The molecule has 0 bridgehead atoms. The van der Waals surface area contributed by atoms with Crippen LogP contribution in [-0.2, 0) is 14.6 Å². The molecule has 0 spiro atoms. The maximum absolute atomic E-state index is 11.7. The highest BCUT2D eigenvalue weighted by atomic mass is 32.2. The first-order valence-corrected chi connectivity index (χ1v) is 8.58. The summed E-state index contributed by atoms with van der Waals surface area (Å²) in [6.45, 7) is 2.10. The lowest BCUT2D eigenvalue weighted by molar-refractivity contribution is -0.122. The predicted octanol–water partition coefficient (Wildman–Crippen LogP) is 0.0695. The molecule has 0 aromatic heterocycles. The zero-order valence-corrected chi connectivity index (χ0v) is 11.5. The van der Waals surface area contributed by atoms with Crippen molar-refractivity contribution in [3.8, 4) is 0 Å². The van der Waals surface area contributed by atoms with Crippen LogP contribution < -0.4 is 10.6 Å². The first kappa shape index (κ1) is 13.8. The zero-order valence-electron chi connectivity index (χ0n) is 10.7. The Morgan fingerprint density at radius 1 is 1.22 bits per heavy atom. The van der Waals surface area contributed by atoms with Crippen LogP contribution in [-0.4, -0.2) is 45.0 Å². The SMILES string of the molecule is O=C(CCC1CCNCC1)NC1CCS(=O)(=O)C1. The number of hydrogen-bond donors (Lipinski definition) is 2. The number of nitrogens with one attached hydrogen (secondary N) is 2. The van der Waals surface area contributed by atoms with Gasteiger partial charge in [0, 0.05) is 12.5 Å². The van der Waals surface area contributed by atoms with Gasteiger partial charge >= 0.3 is 0 Å². The van der Waals surface area contributed by atoms with Crippen molar-refractivity contribution >= 4 is 15.7 Å². The van der Waals surface area contributed by atoms with Gasteiger partial charge in [0.2, 0.25) is 5.91 Å². The fraction of sp³-hybridized carbons (Fsp3) is 0.917. The molecule has 2 heterocycles. The molecule has 1 unspecified atom stereocenters. The molecule has 104 valence electrons. The van der Waals surface area contributed by atoms with Crippen molar-refractivity contribution in [1.29, 1.82) is 0 Å². The molecule has 5 nitrogen and oxygen atoms in total. The molecule has 1 amide bonds. The summed E-state index contributed by atoms with van der Waals surface area (Å²) in [4.78, 5) is 11.7. The molecular weight excluding hydrogens is 252 g/mol. The van der Waals surface area contributed by atoms with E-state index in [-0.39, 0.29) is 23.5 Å². The minimum absolute atomic E-state index is 0.00985. The summed E-state index contributed by atoms with van der Waals surface area (Å²) < 4.78 is 22.5. The quantitative estimate of drug-likeness (QED) is 0.761. The lowest BCUT2D eigenvalue weighted by atomic mass is 9.93. The van der Waals surface area contributed by atoms with Gasteiger partial charge in [-0.25, -0.2) is 8.42 Å². The van der Waals surface area contributed by atoms with Gasteiger partial charge < -0.3 is 10.6 Å². The molecule has 0 saturated carbocycles. The van der Waals surface area contributed by atoms with Crippen LogP contribution in [0.25, 0.3) is 0 Å². The van der Waals surface area contributed by atoms with Gasteiger partial charge in [0.25, 0.3) is 0 Å². The Morgan fingerprint density at radius 2 is 1.94 bits per heavy atom. The van der Waals surface area contributed by atoms with Gasteiger partial charge in [-0.3, -0.25) is 4.79 Å². The molecule has 2 aliphatic heterocycles. The third-order valence-corrected chi connectivity index (χ3v) is 5.60. The van der Waals surface area contributed by atoms with E-state index in [0.717, 1.165) is 32.4 Å². The first-order valence-electron chi connectivity index (χ1n) is 6.76. The van der Waals surface area contributed by atoms with Crippen LogP contribution in [0.2, 0.25) is 0 Å². The van der Waals surface area contributed by atoms with E-state index in [0.29, 0.717) is 18.8 Å². The van der Waals surface area contributed by atoms with Gasteiger partial charge in [0.1, 0.15) is 0 Å². The highest BCUT2D eigenvalue weighted by Crippen LogP contribution is 2.18. The van der Waals surface area contributed by atoms with Crippen LogP contribution in [0.4, 0.5) is 0 Å². The molecule has 6 heteroatoms. The van der Waals surface area contributed by atoms with Crippen LogP contribution in [0.15, 0.2) is 0 Å². The second kappa shape index (κ2) is 6.02. The van der Waals surface area contributed by atoms with Gasteiger partial charge in [-0.15, -0.1) is 0 Å². The molecule has 0 aliphatic carbocycles. The number of hydrogen-bond acceptors (Lipinski definition) is 4. The van der Waals surface area contributed by atoms with E-state index in [4.69, 9.17) is 0 Å². The van der Waals surface area contributed by atoms with Crippen molar-refractivity contribution in [1.82, 2.24) is 10.6 Å². The van der Waals surface area contributed by atoms with Crippen LogP contribution in [0.5, 0.6) is 0 Å². The summed E-state index contributed by atoms with van der Waals surface area (Å²) in [5, 5.41) is 6.14. The summed E-state index contributed by atoms with van der Waals surface area (Å²) >= 11 is 0. The lowest BCUT2D eigenvalue weighted by Gasteiger charge is -2.22. The fourth-order valence-corrected chi connectivity index (χ4v) is 4.39. The van der Waals surface area contributed by atoms with Crippen molar-refractivity contribution in [2.75, 3.05) is 24.6 Å². The number of rotatable bonds is 4. The molecule has 2 fully saturated rings. The normalized spacial score (nSPS) is 28.1. The van der Waals surface area contributed by atoms with E-state index < -0.39 is 9.84 Å². The summed E-state index contributed by atoms with van der Waals surface area (Å²) in [5.41, 5.74) is 0. The maximum Gasteiger partial charge on any atom is 0.220 e. The second-order valence-electron chi connectivity index (χ2n) is 5.40. The number of carbonyl (C=O) groups is 1. The molecule has 0 aromatic rings. The molecule has 2 saturated heterocycles. The van der Waals surface area contributed by atoms with Crippen molar-refractivity contribution in [3.05, 3.63) is 0 Å². The Morgan fingerprint density at radius 3 is 2.56 bits per heavy atom. The Bertz CT molecular complexity index is 388. The standard InChI is InChI=1S/C12H22N2O3S/c15-12(2-1-10-3-6-13-7-4-10)14-11-5-8-18(16,17)9-11/h10-11,13H,1-9H2,(H,14,15). The smallest absolute Gasteiger partial charge is 0.220 e. The third kappa shape index (κ3) is 4.24. The first-order chi connectivity index (χ1) is 8.55. The Balaban J connectivity index is 1.66. The molecule has 2 N–H and O–H groups in total. The summed E-state index contributed by atoms with van der Waals surface area (Å²) in [5.74, 6) is 0.984. The highest BCUT2D eigenvalue weighted by molar-refractivity contribution is 7.91. The van der Waals surface area contributed by atoms with E-state index in [1.807, 2.05) is 0 Å². The number of piperidine rings is 1. The Labute approximate surface area is 109 Å². The summed E-state index contributed by atoms with van der Waals surface area (Å²) in [7, 11) is -2.90. The summed E-state index contributed by atoms with van der Waals surface area (Å²) in [6, 6.07) is -0.157. The van der Waals surface area contributed by atoms with Gasteiger partial charge in [0.15, 0.2) is 9.84 Å². The third-order valence-electron chi connectivity index (χ3n) is 3.84. The molecule has 0 radical (unpaired) electrons. The Kier molecular flexibility index (Phi) is 4.61. The molecule has 0 aromatic carbocycles. The van der Waals surface area contributed by atoms with E-state index >= 15 is 0 Å². The molecule has 1 atom stereocenters. The minimum atomic E-state index is -2.90. The zero-order chi connectivity index (χ0) is 13.0. The summed E-state index contributed by atoms with van der Waals surface area (Å²) in [6.07, 6.45) is 4.31. The molecule has 18 heavy (non-hydrogen) atoms. The van der Waals surface area contributed by atoms with Crippen LogP contribution >= 0.6 is 0 Å². The van der Waals surface area contributed by atoms with E-state index in [2.05, 4.69) is 10.6 Å². The number of amides is 1. The second-order valence-corrected chi connectivity index (χ2v) is 7.63. The van der Waals surface area contributed by atoms with Gasteiger partial charge in [-0.1, -0.05) is 0 Å². The number of sulfone groups is 1. The highest BCUT2D eigenvalue weighted by Gasteiger charge is 2.28. The van der Waals surface area contributed by atoms with Gasteiger partial charge in [-0.05, 0) is 44.7 Å². The fourth-order valence-electron chi connectivity index (χ4n) is 2.71. The minimum Gasteiger partial charge on any atom is -0.352 e. The van der Waals surface area contributed by atoms with Crippen LogP contribution in [0.1, 0.15) is 32.1 Å². The average molecular weight is 274 g/mol. The van der Waals surface area contributed by atoms with Crippen molar-refractivity contribution in [2.24, 2.45) is 5.92 Å². The van der Waals surface area contributed by atoms with Gasteiger partial charge in [0.05, 0.1) is 11.5 Å². The largest absolute Gasteiger partial charge is 0.352 e. The van der Waals surface area contributed by atoms with E-state index in [9.17, 15) is 13.2 Å². The maximum atomic E-state index is 11.7. The lowest BCUT2D eigenvalue weighted by Crippen LogP contribution is -2.36. The van der Waals surface area contributed by atoms with Crippen molar-refractivity contribution in [2.45, 2.75) is 38.1 Å². The Hall–Kier alpha value is -0.620. The number of carbonyl (C=O) groups excluding carboxylic acids is 1. The monoisotopic (exact) mass is 274 g/mol. The van der Waals surface area contributed by atoms with E-state index in [1.165, 1.54) is 0 Å². The van der Waals surface area contributed by atoms with E-state index in [1.54, 1.807) is 0 Å². The van der Waals surface area contributed by atoms with Gasteiger partial charge in [-0.2, -0.15) is 0 Å².